The van der Waals surface area contributed by atoms with Crippen LogP contribution >= 0.6 is 11.3 Å². The average molecular weight is 343 g/mol. The molecule has 1 heterocycles. The summed E-state index contributed by atoms with van der Waals surface area (Å²) in [5.74, 6) is 0.169. The molecule has 0 aliphatic carbocycles. The first kappa shape index (κ1) is 15.9. The van der Waals surface area contributed by atoms with Crippen LogP contribution in [-0.2, 0) is 0 Å². The summed E-state index contributed by atoms with van der Waals surface area (Å²) < 4.78 is 18.4. The molecule has 3 rings (SSSR count). The molecule has 0 fully saturated rings. The van der Waals surface area contributed by atoms with E-state index in [0.717, 1.165) is 5.69 Å². The fraction of sp³-hybridized carbons (Fsp3) is 0.0588. The van der Waals surface area contributed by atoms with Crippen molar-refractivity contribution in [1.29, 1.82) is 0 Å². The Morgan fingerprint density at radius 2 is 1.88 bits per heavy atom. The lowest BCUT2D eigenvalue weighted by Crippen LogP contribution is -2.30. The predicted octanol–water partition coefficient (Wildman–Crippen LogP) is 4.74. The molecule has 1 aromatic heterocycles. The van der Waals surface area contributed by atoms with Crippen LogP contribution in [0.2, 0.25) is 0 Å². The Morgan fingerprint density at radius 1 is 1.17 bits per heavy atom. The van der Waals surface area contributed by atoms with Gasteiger partial charge in [0.25, 0.3) is 0 Å². The van der Waals surface area contributed by atoms with Crippen molar-refractivity contribution >= 4 is 28.2 Å². The third kappa shape index (κ3) is 3.88. The Labute approximate surface area is 142 Å². The molecule has 3 aromatic rings. The van der Waals surface area contributed by atoms with Crippen LogP contribution in [0.4, 0.5) is 20.0 Å². The summed E-state index contributed by atoms with van der Waals surface area (Å²) in [7, 11) is 1.67. The smallest absolute Gasteiger partial charge is 0.327 e. The van der Waals surface area contributed by atoms with Crippen molar-refractivity contribution in [2.45, 2.75) is 0 Å². The van der Waals surface area contributed by atoms with E-state index in [1.54, 1.807) is 7.05 Å². The van der Waals surface area contributed by atoms with E-state index >= 15 is 0 Å². The number of nitrogens with one attached hydrogen (secondary N) is 1. The van der Waals surface area contributed by atoms with Crippen molar-refractivity contribution in [3.8, 4) is 10.8 Å². The van der Waals surface area contributed by atoms with E-state index < -0.39 is 0 Å². The molecule has 122 valence electrons. The maximum atomic E-state index is 12.9. The number of hydrogen-bond donors (Lipinski definition) is 1. The van der Waals surface area contributed by atoms with E-state index in [-0.39, 0.29) is 11.8 Å². The van der Waals surface area contributed by atoms with Crippen LogP contribution in [0.3, 0.4) is 0 Å². The van der Waals surface area contributed by atoms with Crippen LogP contribution < -0.4 is 15.0 Å². The largest absolute Gasteiger partial charge is 0.445 e. The lowest BCUT2D eigenvalue weighted by atomic mass is 10.3. The lowest BCUT2D eigenvalue weighted by Gasteiger charge is -2.16. The van der Waals surface area contributed by atoms with Crippen LogP contribution in [0.25, 0.3) is 0 Å². The third-order valence-corrected chi connectivity index (χ3v) is 3.97. The third-order valence-electron chi connectivity index (χ3n) is 3.18. The zero-order valence-corrected chi connectivity index (χ0v) is 13.6. The molecule has 5 nitrogen and oxygen atoms in total. The van der Waals surface area contributed by atoms with Crippen LogP contribution in [0.15, 0.2) is 60.8 Å². The zero-order valence-electron chi connectivity index (χ0n) is 12.8. The van der Waals surface area contributed by atoms with Gasteiger partial charge in [-0.05, 0) is 36.4 Å². The standard InChI is InChI=1S/C17H14FN3O2S/c1-21(13-5-3-2-4-6-13)17(22)20-16-19-11-15(24-16)23-14-9-7-12(18)8-10-14/h2-11H,1H3,(H,19,20,22). The number of hydrogen-bond acceptors (Lipinski definition) is 4. The molecule has 0 saturated heterocycles. The Hall–Kier alpha value is -2.93. The molecule has 0 atom stereocenters. The molecule has 0 bridgehead atoms. The van der Waals surface area contributed by atoms with Crippen LogP contribution in [0, 0.1) is 5.82 Å². The number of nitrogens with zero attached hydrogens (tertiary/aromatic N) is 2. The maximum Gasteiger partial charge on any atom is 0.327 e. The molecular formula is C17H14FN3O2S. The summed E-state index contributed by atoms with van der Waals surface area (Å²) in [6, 6.07) is 14.6. The number of para-hydroxylation sites is 1. The SMILES string of the molecule is CN(C(=O)Nc1ncc(Oc2ccc(F)cc2)s1)c1ccccc1. The molecule has 2 amide bonds. The molecular weight excluding hydrogens is 329 g/mol. The van der Waals surface area contributed by atoms with Crippen LogP contribution in [-0.4, -0.2) is 18.1 Å². The number of amides is 2. The highest BCUT2D eigenvalue weighted by Gasteiger charge is 2.13. The number of carbonyl (C=O) groups excluding carboxylic acids is 1. The number of ether oxygens (including phenoxy) is 1. The minimum Gasteiger partial charge on any atom is -0.445 e. The van der Waals surface area contributed by atoms with Crippen LogP contribution in [0.1, 0.15) is 0 Å². The molecule has 0 unspecified atom stereocenters. The average Bonchev–Trinajstić information content (AvgIpc) is 3.04. The van der Waals surface area contributed by atoms with Gasteiger partial charge in [-0.15, -0.1) is 0 Å². The number of urea groups is 1. The first-order valence-corrected chi connectivity index (χ1v) is 7.92. The first-order chi connectivity index (χ1) is 11.6. The van der Waals surface area contributed by atoms with Gasteiger partial charge in [-0.1, -0.05) is 29.5 Å². The second kappa shape index (κ2) is 7.10. The fourth-order valence-electron chi connectivity index (χ4n) is 1.93. The van der Waals surface area contributed by atoms with E-state index in [9.17, 15) is 9.18 Å². The van der Waals surface area contributed by atoms with E-state index in [1.807, 2.05) is 30.3 Å². The minimum absolute atomic E-state index is 0.302. The van der Waals surface area contributed by atoms with E-state index in [4.69, 9.17) is 4.74 Å². The van der Waals surface area contributed by atoms with Gasteiger partial charge in [0, 0.05) is 12.7 Å². The fourth-order valence-corrected chi connectivity index (χ4v) is 2.60. The van der Waals surface area contributed by atoms with E-state index in [0.29, 0.717) is 15.9 Å². The van der Waals surface area contributed by atoms with Crippen molar-refractivity contribution in [3.05, 3.63) is 66.6 Å². The second-order valence-corrected chi connectivity index (χ2v) is 5.86. The van der Waals surface area contributed by atoms with Gasteiger partial charge in [0.1, 0.15) is 11.6 Å². The topological polar surface area (TPSA) is 54.5 Å². The highest BCUT2D eigenvalue weighted by Crippen LogP contribution is 2.30. The normalized spacial score (nSPS) is 10.2. The van der Waals surface area contributed by atoms with Gasteiger partial charge in [-0.2, -0.15) is 0 Å². The first-order valence-electron chi connectivity index (χ1n) is 7.11. The molecule has 0 aliphatic heterocycles. The lowest BCUT2D eigenvalue weighted by molar-refractivity contribution is 0.258. The molecule has 1 N–H and O–H groups in total. The number of aromatic nitrogens is 1. The van der Waals surface area contributed by atoms with Gasteiger partial charge in [0.2, 0.25) is 5.06 Å². The van der Waals surface area contributed by atoms with Crippen LogP contribution in [0.5, 0.6) is 10.8 Å². The summed E-state index contributed by atoms with van der Waals surface area (Å²) in [4.78, 5) is 17.8. The van der Waals surface area contributed by atoms with E-state index in [2.05, 4.69) is 10.3 Å². The monoisotopic (exact) mass is 343 g/mol. The summed E-state index contributed by atoms with van der Waals surface area (Å²) in [6.07, 6.45) is 1.51. The highest BCUT2D eigenvalue weighted by molar-refractivity contribution is 7.17. The van der Waals surface area contributed by atoms with Gasteiger partial charge in [0.15, 0.2) is 5.13 Å². The van der Waals surface area contributed by atoms with E-state index in [1.165, 1.54) is 46.7 Å². The molecule has 0 aliphatic rings. The zero-order chi connectivity index (χ0) is 16.9. The summed E-state index contributed by atoms with van der Waals surface area (Å²) in [6.45, 7) is 0. The number of thiazole rings is 1. The Kier molecular flexibility index (Phi) is 4.72. The number of benzene rings is 2. The number of rotatable bonds is 4. The number of carbonyl (C=O) groups is 1. The molecule has 0 radical (unpaired) electrons. The Bertz CT molecular complexity index is 821. The molecule has 0 spiro atoms. The predicted molar refractivity (Wildman–Crippen MR) is 92.5 cm³/mol. The Balaban J connectivity index is 1.63. The molecule has 2 aromatic carbocycles. The van der Waals surface area contributed by atoms with Gasteiger partial charge < -0.3 is 4.74 Å². The van der Waals surface area contributed by atoms with Crippen molar-refractivity contribution in [2.75, 3.05) is 17.3 Å². The van der Waals surface area contributed by atoms with Gasteiger partial charge in [0.05, 0.1) is 6.20 Å². The van der Waals surface area contributed by atoms with Crippen molar-refractivity contribution < 1.29 is 13.9 Å². The number of halogens is 1. The quantitative estimate of drug-likeness (QED) is 0.744. The highest BCUT2D eigenvalue weighted by atomic mass is 32.1. The second-order valence-electron chi connectivity index (χ2n) is 4.87. The van der Waals surface area contributed by atoms with Crippen molar-refractivity contribution in [3.63, 3.8) is 0 Å². The van der Waals surface area contributed by atoms with Crippen molar-refractivity contribution in [1.82, 2.24) is 4.98 Å². The summed E-state index contributed by atoms with van der Waals surface area (Å²) >= 11 is 1.19. The van der Waals surface area contributed by atoms with Gasteiger partial charge in [-0.3, -0.25) is 10.2 Å². The van der Waals surface area contributed by atoms with Gasteiger partial charge in [-0.25, -0.2) is 14.2 Å². The summed E-state index contributed by atoms with van der Waals surface area (Å²) in [5, 5.41) is 3.63. The molecule has 0 saturated carbocycles. The molecule has 7 heteroatoms. The Morgan fingerprint density at radius 3 is 2.58 bits per heavy atom. The summed E-state index contributed by atoms with van der Waals surface area (Å²) in [5.41, 5.74) is 0.773. The maximum absolute atomic E-state index is 12.9. The molecule has 24 heavy (non-hydrogen) atoms. The minimum atomic E-state index is -0.330. The number of anilines is 2. The van der Waals surface area contributed by atoms with Crippen molar-refractivity contribution in [2.24, 2.45) is 0 Å². The van der Waals surface area contributed by atoms with Gasteiger partial charge >= 0.3 is 6.03 Å².